The molecule has 0 radical (unpaired) electrons. The Morgan fingerprint density at radius 3 is 2.50 bits per heavy atom. The van der Waals surface area contributed by atoms with Crippen molar-refractivity contribution in [1.29, 1.82) is 0 Å². The van der Waals surface area contributed by atoms with Crippen LogP contribution in [0.3, 0.4) is 0 Å². The minimum atomic E-state index is -0.839. The Morgan fingerprint density at radius 2 is 2.10 bits per heavy atom. The molecular weight excluding hydrogens is 132 g/mol. The number of aliphatic hydroxyl groups is 2. The molecule has 0 spiro atoms. The monoisotopic (exact) mass is 148 g/mol. The van der Waals surface area contributed by atoms with E-state index in [9.17, 15) is 0 Å². The summed E-state index contributed by atoms with van der Waals surface area (Å²) in [6, 6.07) is 0. The molecule has 10 heavy (non-hydrogen) atoms. The molecule has 0 aliphatic rings. The molecule has 5 N–H and O–H groups in total. The zero-order valence-corrected chi connectivity index (χ0v) is 6.25. The summed E-state index contributed by atoms with van der Waals surface area (Å²) in [4.78, 5) is 0. The normalized spacial score (nSPS) is 16.8. The summed E-state index contributed by atoms with van der Waals surface area (Å²) in [6.07, 6.45) is -0.987. The van der Waals surface area contributed by atoms with Gasteiger partial charge in [0, 0.05) is 13.1 Å². The smallest absolute Gasteiger partial charge is 0.131 e. The maximum Gasteiger partial charge on any atom is 0.131 e. The van der Waals surface area contributed by atoms with E-state index in [-0.39, 0.29) is 0 Å². The van der Waals surface area contributed by atoms with E-state index in [1.807, 2.05) is 0 Å². The summed E-state index contributed by atoms with van der Waals surface area (Å²) >= 11 is 0. The SMILES string of the molecule is CCC(O)C(O)NCCN. The van der Waals surface area contributed by atoms with Crippen LogP contribution in [0.25, 0.3) is 0 Å². The predicted molar refractivity (Wildman–Crippen MR) is 39.4 cm³/mol. The number of nitrogens with one attached hydrogen (secondary N) is 1. The highest BCUT2D eigenvalue weighted by Gasteiger charge is 2.11. The van der Waals surface area contributed by atoms with E-state index in [1.54, 1.807) is 6.92 Å². The summed E-state index contributed by atoms with van der Waals surface area (Å²) in [5.74, 6) is 0. The highest BCUT2D eigenvalue weighted by Crippen LogP contribution is 1.93. The quantitative estimate of drug-likeness (QED) is 0.362. The van der Waals surface area contributed by atoms with Gasteiger partial charge in [0.25, 0.3) is 0 Å². The topological polar surface area (TPSA) is 78.5 Å². The maximum absolute atomic E-state index is 9.03. The molecule has 0 aromatic rings. The van der Waals surface area contributed by atoms with E-state index in [0.717, 1.165) is 0 Å². The highest BCUT2D eigenvalue weighted by molar-refractivity contribution is 4.62. The molecule has 4 nitrogen and oxygen atoms in total. The number of nitrogens with two attached hydrogens (primary N) is 1. The number of hydrogen-bond acceptors (Lipinski definition) is 4. The van der Waals surface area contributed by atoms with Crippen LogP contribution in [0.15, 0.2) is 0 Å². The van der Waals surface area contributed by atoms with Crippen molar-refractivity contribution in [2.24, 2.45) is 5.73 Å². The summed E-state index contributed by atoms with van der Waals surface area (Å²) in [7, 11) is 0. The Bertz CT molecular complexity index is 80.1. The van der Waals surface area contributed by atoms with Crippen LogP contribution in [0, 0.1) is 0 Å². The van der Waals surface area contributed by atoms with E-state index < -0.39 is 12.3 Å². The standard InChI is InChI=1S/C6H16N2O2/c1-2-5(9)6(10)8-4-3-7/h5-6,8-10H,2-4,7H2,1H3. The van der Waals surface area contributed by atoms with Gasteiger partial charge in [-0.15, -0.1) is 0 Å². The van der Waals surface area contributed by atoms with Gasteiger partial charge in [-0.05, 0) is 6.42 Å². The molecule has 0 heterocycles. The Balaban J connectivity index is 3.31. The van der Waals surface area contributed by atoms with Gasteiger partial charge in [-0.1, -0.05) is 6.92 Å². The molecule has 0 aromatic heterocycles. The molecule has 4 heteroatoms. The molecule has 0 fully saturated rings. The van der Waals surface area contributed by atoms with Gasteiger partial charge in [0.15, 0.2) is 0 Å². The van der Waals surface area contributed by atoms with Crippen LogP contribution in [0.1, 0.15) is 13.3 Å². The Hall–Kier alpha value is -0.160. The number of aliphatic hydroxyl groups excluding tert-OH is 2. The van der Waals surface area contributed by atoms with Crippen LogP contribution < -0.4 is 11.1 Å². The molecule has 0 saturated carbocycles. The van der Waals surface area contributed by atoms with Crippen molar-refractivity contribution >= 4 is 0 Å². The van der Waals surface area contributed by atoms with Crippen molar-refractivity contribution in [3.63, 3.8) is 0 Å². The van der Waals surface area contributed by atoms with Gasteiger partial charge >= 0.3 is 0 Å². The van der Waals surface area contributed by atoms with Crippen molar-refractivity contribution < 1.29 is 10.2 Å². The molecule has 0 bridgehead atoms. The molecule has 2 atom stereocenters. The van der Waals surface area contributed by atoms with Crippen LogP contribution >= 0.6 is 0 Å². The first-order valence-corrected chi connectivity index (χ1v) is 3.52. The van der Waals surface area contributed by atoms with Crippen molar-refractivity contribution in [2.75, 3.05) is 13.1 Å². The predicted octanol–water partition coefficient (Wildman–Crippen LogP) is -1.38. The lowest BCUT2D eigenvalue weighted by Gasteiger charge is -2.16. The first kappa shape index (κ1) is 9.84. The van der Waals surface area contributed by atoms with Crippen LogP contribution in [-0.4, -0.2) is 35.6 Å². The minimum Gasteiger partial charge on any atom is -0.389 e. The highest BCUT2D eigenvalue weighted by atomic mass is 16.3. The average Bonchev–Trinajstić information content (AvgIpc) is 1.98. The lowest BCUT2D eigenvalue weighted by molar-refractivity contribution is -0.00245. The zero-order valence-electron chi connectivity index (χ0n) is 6.25. The largest absolute Gasteiger partial charge is 0.389 e. The summed E-state index contributed by atoms with van der Waals surface area (Å²) in [5, 5.41) is 20.7. The van der Waals surface area contributed by atoms with E-state index in [0.29, 0.717) is 19.5 Å². The van der Waals surface area contributed by atoms with Gasteiger partial charge in [0.1, 0.15) is 6.23 Å². The van der Waals surface area contributed by atoms with Gasteiger partial charge < -0.3 is 15.9 Å². The summed E-state index contributed by atoms with van der Waals surface area (Å²) in [5.41, 5.74) is 5.16. The second-order valence-electron chi connectivity index (χ2n) is 2.16. The van der Waals surface area contributed by atoms with Gasteiger partial charge in [-0.2, -0.15) is 0 Å². The second-order valence-corrected chi connectivity index (χ2v) is 2.16. The molecule has 2 unspecified atom stereocenters. The maximum atomic E-state index is 9.03. The molecule has 0 amide bonds. The third-order valence-electron chi connectivity index (χ3n) is 1.28. The second kappa shape index (κ2) is 5.61. The van der Waals surface area contributed by atoms with Gasteiger partial charge in [0.05, 0.1) is 6.10 Å². The van der Waals surface area contributed by atoms with Crippen molar-refractivity contribution in [3.05, 3.63) is 0 Å². The first-order chi connectivity index (χ1) is 4.72. The fraction of sp³-hybridized carbons (Fsp3) is 1.00. The lowest BCUT2D eigenvalue weighted by atomic mass is 10.2. The fourth-order valence-corrected chi connectivity index (χ4v) is 0.591. The van der Waals surface area contributed by atoms with Crippen molar-refractivity contribution in [2.45, 2.75) is 25.7 Å². The molecular formula is C6H16N2O2. The molecule has 0 aliphatic carbocycles. The van der Waals surface area contributed by atoms with Crippen LogP contribution in [0.4, 0.5) is 0 Å². The Kier molecular flexibility index (Phi) is 5.52. The number of rotatable bonds is 5. The third-order valence-corrected chi connectivity index (χ3v) is 1.28. The molecule has 0 rings (SSSR count). The van der Waals surface area contributed by atoms with Crippen molar-refractivity contribution in [1.82, 2.24) is 5.32 Å². The van der Waals surface area contributed by atoms with Crippen LogP contribution in [0.5, 0.6) is 0 Å². The van der Waals surface area contributed by atoms with Crippen LogP contribution in [-0.2, 0) is 0 Å². The Morgan fingerprint density at radius 1 is 1.50 bits per heavy atom. The zero-order chi connectivity index (χ0) is 7.98. The first-order valence-electron chi connectivity index (χ1n) is 3.52. The average molecular weight is 148 g/mol. The lowest BCUT2D eigenvalue weighted by Crippen LogP contribution is -2.41. The number of hydrogen-bond donors (Lipinski definition) is 4. The molecule has 0 aromatic carbocycles. The van der Waals surface area contributed by atoms with Crippen LogP contribution in [0.2, 0.25) is 0 Å². The summed E-state index contributed by atoms with van der Waals surface area (Å²) < 4.78 is 0. The Labute approximate surface area is 61.0 Å². The van der Waals surface area contributed by atoms with E-state index in [1.165, 1.54) is 0 Å². The van der Waals surface area contributed by atoms with Crippen molar-refractivity contribution in [3.8, 4) is 0 Å². The van der Waals surface area contributed by atoms with Gasteiger partial charge in [-0.3, -0.25) is 5.32 Å². The molecule has 0 aliphatic heterocycles. The van der Waals surface area contributed by atoms with E-state index in [2.05, 4.69) is 5.32 Å². The van der Waals surface area contributed by atoms with Gasteiger partial charge in [-0.25, -0.2) is 0 Å². The van der Waals surface area contributed by atoms with Gasteiger partial charge in [0.2, 0.25) is 0 Å². The third kappa shape index (κ3) is 3.79. The summed E-state index contributed by atoms with van der Waals surface area (Å²) in [6.45, 7) is 2.80. The van der Waals surface area contributed by atoms with E-state index >= 15 is 0 Å². The van der Waals surface area contributed by atoms with E-state index in [4.69, 9.17) is 15.9 Å². The minimum absolute atomic E-state index is 0.466. The fourth-order valence-electron chi connectivity index (χ4n) is 0.591. The molecule has 0 saturated heterocycles. The molecule has 62 valence electrons.